The molecule has 1 heterocycles. The Morgan fingerprint density at radius 3 is 2.58 bits per heavy atom. The van der Waals surface area contributed by atoms with Gasteiger partial charge in [-0.15, -0.1) is 0 Å². The van der Waals surface area contributed by atoms with Crippen molar-refractivity contribution < 1.29 is 17.9 Å². The number of nitrogens with one attached hydrogen (secondary N) is 1. The third-order valence-corrected chi connectivity index (χ3v) is 6.09. The van der Waals surface area contributed by atoms with Crippen molar-refractivity contribution in [2.24, 2.45) is 0 Å². The summed E-state index contributed by atoms with van der Waals surface area (Å²) in [6.45, 7) is 0.307. The molecule has 0 aliphatic heterocycles. The highest BCUT2D eigenvalue weighted by Gasteiger charge is 2.24. The molecule has 4 rings (SSSR count). The van der Waals surface area contributed by atoms with Gasteiger partial charge in [0, 0.05) is 23.4 Å². The molecule has 0 aliphatic carbocycles. The summed E-state index contributed by atoms with van der Waals surface area (Å²) in [6, 6.07) is 16.0. The maximum Gasteiger partial charge on any atom is 0.266 e. The lowest BCUT2D eigenvalue weighted by molar-refractivity contribution is 0.0955. The predicted molar refractivity (Wildman–Crippen MR) is 129 cm³/mol. The number of fused-ring (bicyclic) bond motifs is 1. The van der Waals surface area contributed by atoms with E-state index in [4.69, 9.17) is 0 Å². The summed E-state index contributed by atoms with van der Waals surface area (Å²) in [4.78, 5) is 21.6. The maximum absolute atomic E-state index is 13.1. The van der Waals surface area contributed by atoms with Crippen LogP contribution in [0, 0.1) is 5.82 Å². The zero-order valence-corrected chi connectivity index (χ0v) is 19.5. The molecule has 3 aromatic carbocycles. The quantitative estimate of drug-likeness (QED) is 0.336. The van der Waals surface area contributed by atoms with Crippen molar-refractivity contribution in [1.82, 2.24) is 15.3 Å². The van der Waals surface area contributed by atoms with E-state index in [-0.39, 0.29) is 17.1 Å². The van der Waals surface area contributed by atoms with E-state index in [0.29, 0.717) is 34.2 Å². The van der Waals surface area contributed by atoms with Gasteiger partial charge >= 0.3 is 0 Å². The Morgan fingerprint density at radius 1 is 1.06 bits per heavy atom. The number of carbonyl (C=O) groups is 1. The Balaban J connectivity index is 1.66. The molecule has 0 spiro atoms. The van der Waals surface area contributed by atoms with E-state index in [1.165, 1.54) is 24.5 Å². The molecule has 0 bridgehead atoms. The highest BCUT2D eigenvalue weighted by molar-refractivity contribution is 9.10. The second kappa shape index (κ2) is 10.2. The molecule has 10 heteroatoms. The van der Waals surface area contributed by atoms with Crippen molar-refractivity contribution in [3.05, 3.63) is 94.5 Å². The molecule has 0 aliphatic rings. The van der Waals surface area contributed by atoms with Crippen LogP contribution in [0.5, 0.6) is 0 Å². The molecular formula is C23H18BrFN4O3S. The number of hydrogen-bond donors (Lipinski definition) is 2. The molecule has 4 aromatic rings. The summed E-state index contributed by atoms with van der Waals surface area (Å²) in [5, 5.41) is 2.82. The van der Waals surface area contributed by atoms with Gasteiger partial charge in [0.05, 0.1) is 22.5 Å². The largest absolute Gasteiger partial charge is 0.352 e. The molecule has 7 nitrogen and oxygen atoms in total. The molecule has 33 heavy (non-hydrogen) atoms. The minimum absolute atomic E-state index is 0.209. The van der Waals surface area contributed by atoms with Crippen LogP contribution in [0.3, 0.4) is 0 Å². The topological polar surface area (TPSA) is 95.4 Å². The van der Waals surface area contributed by atoms with Crippen molar-refractivity contribution in [3.8, 4) is 0 Å². The van der Waals surface area contributed by atoms with Crippen LogP contribution in [-0.2, 0) is 17.7 Å². The minimum Gasteiger partial charge on any atom is -0.352 e. The average molecular weight is 529 g/mol. The second-order valence-corrected chi connectivity index (χ2v) is 8.76. The lowest BCUT2D eigenvalue weighted by atomic mass is 10.1. The number of benzene rings is 3. The van der Waals surface area contributed by atoms with Gasteiger partial charge in [0.15, 0.2) is 0 Å². The normalized spacial score (nSPS) is 11.8. The van der Waals surface area contributed by atoms with Gasteiger partial charge in [-0.05, 0) is 54.4 Å². The van der Waals surface area contributed by atoms with Crippen LogP contribution in [0.4, 0.5) is 15.8 Å². The number of amides is 1. The van der Waals surface area contributed by atoms with Gasteiger partial charge in [-0.25, -0.2) is 12.9 Å². The van der Waals surface area contributed by atoms with Crippen molar-refractivity contribution in [3.63, 3.8) is 0 Å². The first-order chi connectivity index (χ1) is 15.9. The summed E-state index contributed by atoms with van der Waals surface area (Å²) in [5.74, 6) is -0.737. The van der Waals surface area contributed by atoms with Crippen molar-refractivity contribution in [2.75, 3.05) is 10.8 Å². The second-order valence-electron chi connectivity index (χ2n) is 7.02. The fraction of sp³-hybridized carbons (Fsp3) is 0.0870. The number of carbonyl (C=O) groups excluding carboxylic acids is 1. The van der Waals surface area contributed by atoms with Crippen LogP contribution < -0.4 is 9.62 Å². The van der Waals surface area contributed by atoms with Crippen LogP contribution in [0.1, 0.15) is 15.9 Å². The number of anilines is 2. The van der Waals surface area contributed by atoms with E-state index in [0.717, 1.165) is 9.87 Å². The van der Waals surface area contributed by atoms with Gasteiger partial charge in [-0.1, -0.05) is 34.1 Å². The molecule has 0 saturated heterocycles. The van der Waals surface area contributed by atoms with Crippen LogP contribution in [-0.4, -0.2) is 31.2 Å². The number of halogens is 2. The number of para-hydroxylation sites is 1. The lowest BCUT2D eigenvalue weighted by Gasteiger charge is -2.23. The third-order valence-electron chi connectivity index (χ3n) is 4.89. The smallest absolute Gasteiger partial charge is 0.266 e. The van der Waals surface area contributed by atoms with E-state index < -0.39 is 17.2 Å². The minimum atomic E-state index is -2.50. The molecule has 1 amide bonds. The number of nitrogens with zero attached hydrogens (tertiary/aromatic N) is 3. The highest BCUT2D eigenvalue weighted by atomic mass is 79.9. The maximum atomic E-state index is 13.1. The first kappa shape index (κ1) is 23.0. The lowest BCUT2D eigenvalue weighted by Crippen LogP contribution is -2.29. The molecule has 1 atom stereocenters. The Bertz CT molecular complexity index is 1330. The molecule has 168 valence electrons. The fourth-order valence-corrected chi connectivity index (χ4v) is 4.35. The van der Waals surface area contributed by atoms with E-state index >= 15 is 0 Å². The van der Waals surface area contributed by atoms with Crippen molar-refractivity contribution >= 4 is 55.5 Å². The number of aromatic nitrogens is 2. The van der Waals surface area contributed by atoms with Crippen LogP contribution >= 0.6 is 15.9 Å². The molecule has 0 fully saturated rings. The summed E-state index contributed by atoms with van der Waals surface area (Å²) in [5.41, 5.74) is 2.61. The Kier molecular flexibility index (Phi) is 7.07. The highest BCUT2D eigenvalue weighted by Crippen LogP contribution is 2.35. The van der Waals surface area contributed by atoms with E-state index in [2.05, 4.69) is 31.2 Å². The monoisotopic (exact) mass is 528 g/mol. The Morgan fingerprint density at radius 2 is 1.82 bits per heavy atom. The average Bonchev–Trinajstić information content (AvgIpc) is 2.80. The van der Waals surface area contributed by atoms with Gasteiger partial charge in [-0.3, -0.25) is 19.3 Å². The zero-order valence-electron chi connectivity index (χ0n) is 17.1. The predicted octanol–water partition coefficient (Wildman–Crippen LogP) is 4.78. The Labute approximate surface area is 200 Å². The van der Waals surface area contributed by atoms with E-state index in [1.807, 2.05) is 0 Å². The molecule has 0 radical (unpaired) electrons. The standard InChI is InChI=1S/C23H18BrFN4O3S/c24-16-6-9-18(23(30)28-11-10-15-4-7-17(25)8-5-15)21(14-16)29(33(31)32)20-3-1-2-19-22(20)27-13-12-26-19/h1-9,12-14H,10-11H2,(H,28,30)(H,31,32). The first-order valence-electron chi connectivity index (χ1n) is 9.87. The summed E-state index contributed by atoms with van der Waals surface area (Å²) >= 11 is 0.872. The van der Waals surface area contributed by atoms with Gasteiger partial charge in [0.2, 0.25) is 0 Å². The summed E-state index contributed by atoms with van der Waals surface area (Å²) in [7, 11) is 0. The van der Waals surface area contributed by atoms with Crippen LogP contribution in [0.2, 0.25) is 0 Å². The summed E-state index contributed by atoms with van der Waals surface area (Å²) in [6.07, 6.45) is 3.53. The Hall–Kier alpha value is -3.21. The summed E-state index contributed by atoms with van der Waals surface area (Å²) < 4.78 is 37.5. The SMILES string of the molecule is O=C(NCCc1ccc(F)cc1)c1ccc(Br)cc1N(c1cccc2nccnc12)S(=O)O. The van der Waals surface area contributed by atoms with Gasteiger partial charge in [0.25, 0.3) is 17.2 Å². The molecule has 1 unspecified atom stereocenters. The first-order valence-corrected chi connectivity index (χ1v) is 11.7. The van der Waals surface area contributed by atoms with E-state index in [9.17, 15) is 17.9 Å². The van der Waals surface area contributed by atoms with Crippen molar-refractivity contribution in [2.45, 2.75) is 6.42 Å². The van der Waals surface area contributed by atoms with Crippen LogP contribution in [0.15, 0.2) is 77.5 Å². The van der Waals surface area contributed by atoms with Gasteiger partial charge in [-0.2, -0.15) is 0 Å². The number of rotatable bonds is 7. The zero-order chi connectivity index (χ0) is 23.4. The fourth-order valence-electron chi connectivity index (χ4n) is 3.37. The van der Waals surface area contributed by atoms with Gasteiger partial charge < -0.3 is 5.32 Å². The number of hydrogen-bond acceptors (Lipinski definition) is 4. The van der Waals surface area contributed by atoms with E-state index in [1.54, 1.807) is 48.5 Å². The van der Waals surface area contributed by atoms with Crippen LogP contribution in [0.25, 0.3) is 11.0 Å². The molecule has 1 aromatic heterocycles. The molecule has 2 N–H and O–H groups in total. The van der Waals surface area contributed by atoms with Crippen molar-refractivity contribution in [1.29, 1.82) is 0 Å². The molecule has 0 saturated carbocycles. The molecular weight excluding hydrogens is 511 g/mol. The van der Waals surface area contributed by atoms with Gasteiger partial charge in [0.1, 0.15) is 11.3 Å². The third kappa shape index (κ3) is 5.24.